The quantitative estimate of drug-likeness (QED) is 0.699. The number of ether oxygens (including phenoxy) is 2. The van der Waals surface area contributed by atoms with E-state index in [2.05, 4.69) is 9.97 Å². The minimum Gasteiger partial charge on any atom is -0.480 e. The molecule has 1 fully saturated rings. The molecule has 2 aromatic rings. The first-order valence-electron chi connectivity index (χ1n) is 9.32. The van der Waals surface area contributed by atoms with Gasteiger partial charge in [0.25, 0.3) is 11.8 Å². The maximum Gasteiger partial charge on any atom is 0.262 e. The molecule has 9 heteroatoms. The Labute approximate surface area is 167 Å². The van der Waals surface area contributed by atoms with Crippen LogP contribution in [-0.4, -0.2) is 70.3 Å². The van der Waals surface area contributed by atoms with Crippen molar-refractivity contribution in [3.05, 3.63) is 47.8 Å². The van der Waals surface area contributed by atoms with Gasteiger partial charge in [-0.05, 0) is 25.0 Å². The van der Waals surface area contributed by atoms with E-state index in [0.29, 0.717) is 36.0 Å². The SMILES string of the molecule is COc1cncc(OC2CCCN(C(=O)CN3C(=O)c4ccccc4C3=O)C2)n1. The van der Waals surface area contributed by atoms with Gasteiger partial charge in [-0.1, -0.05) is 12.1 Å². The number of nitrogens with zero attached hydrogens (tertiary/aromatic N) is 4. The van der Waals surface area contributed by atoms with Gasteiger partial charge in [-0.25, -0.2) is 0 Å². The molecule has 9 nitrogen and oxygen atoms in total. The van der Waals surface area contributed by atoms with Crippen molar-refractivity contribution in [1.82, 2.24) is 19.8 Å². The van der Waals surface area contributed by atoms with Gasteiger partial charge in [0.15, 0.2) is 0 Å². The molecule has 1 saturated heterocycles. The molecule has 2 aliphatic rings. The standard InChI is InChI=1S/C20H20N4O5/c1-28-16-9-21-10-17(22-16)29-13-5-4-8-23(11-13)18(25)12-24-19(26)14-6-2-3-7-15(14)20(24)27/h2-3,6-7,9-10,13H,4-5,8,11-12H2,1H3. The van der Waals surface area contributed by atoms with Crippen molar-refractivity contribution in [3.63, 3.8) is 0 Å². The first kappa shape index (κ1) is 18.9. The molecule has 0 aliphatic carbocycles. The molecule has 3 amide bonds. The van der Waals surface area contributed by atoms with Crippen molar-refractivity contribution >= 4 is 17.7 Å². The summed E-state index contributed by atoms with van der Waals surface area (Å²) >= 11 is 0. The first-order chi connectivity index (χ1) is 14.1. The number of hydrogen-bond donors (Lipinski definition) is 0. The van der Waals surface area contributed by atoms with Gasteiger partial charge in [-0.2, -0.15) is 4.98 Å². The number of aromatic nitrogens is 2. The summed E-state index contributed by atoms with van der Waals surface area (Å²) in [7, 11) is 1.49. The van der Waals surface area contributed by atoms with Gasteiger partial charge < -0.3 is 14.4 Å². The van der Waals surface area contributed by atoms with Gasteiger partial charge >= 0.3 is 0 Å². The summed E-state index contributed by atoms with van der Waals surface area (Å²) in [5.41, 5.74) is 0.670. The number of likely N-dealkylation sites (tertiary alicyclic amines) is 1. The van der Waals surface area contributed by atoms with Gasteiger partial charge in [-0.15, -0.1) is 0 Å². The van der Waals surface area contributed by atoms with Crippen LogP contribution in [0, 0.1) is 0 Å². The number of hydrogen-bond acceptors (Lipinski definition) is 7. The molecule has 29 heavy (non-hydrogen) atoms. The van der Waals surface area contributed by atoms with Gasteiger partial charge in [0, 0.05) is 6.54 Å². The number of fused-ring (bicyclic) bond motifs is 1. The minimum atomic E-state index is -0.435. The molecule has 3 heterocycles. The van der Waals surface area contributed by atoms with E-state index in [1.807, 2.05) is 0 Å². The second-order valence-corrected chi connectivity index (χ2v) is 6.86. The van der Waals surface area contributed by atoms with E-state index in [4.69, 9.17) is 9.47 Å². The third kappa shape index (κ3) is 3.75. The number of carbonyl (C=O) groups is 3. The van der Waals surface area contributed by atoms with Crippen LogP contribution in [0.15, 0.2) is 36.7 Å². The Kier molecular flexibility index (Phi) is 5.11. The maximum atomic E-state index is 12.8. The highest BCUT2D eigenvalue weighted by atomic mass is 16.5. The van der Waals surface area contributed by atoms with Gasteiger partial charge in [0.05, 0.1) is 37.2 Å². The molecule has 1 aromatic carbocycles. The third-order valence-corrected chi connectivity index (χ3v) is 4.99. The largest absolute Gasteiger partial charge is 0.480 e. The zero-order valence-corrected chi connectivity index (χ0v) is 15.9. The van der Waals surface area contributed by atoms with Crippen LogP contribution < -0.4 is 9.47 Å². The predicted molar refractivity (Wildman–Crippen MR) is 101 cm³/mol. The van der Waals surface area contributed by atoms with E-state index < -0.39 is 11.8 Å². The number of methoxy groups -OCH3 is 1. The van der Waals surface area contributed by atoms with Crippen molar-refractivity contribution in [2.45, 2.75) is 18.9 Å². The van der Waals surface area contributed by atoms with E-state index in [1.165, 1.54) is 19.5 Å². The Hall–Kier alpha value is -3.49. The van der Waals surface area contributed by atoms with Crippen LogP contribution in [0.4, 0.5) is 0 Å². The Bertz CT molecular complexity index is 928. The molecule has 1 aromatic heterocycles. The van der Waals surface area contributed by atoms with Crippen LogP contribution in [0.3, 0.4) is 0 Å². The number of benzene rings is 1. The lowest BCUT2D eigenvalue weighted by Gasteiger charge is -2.33. The summed E-state index contributed by atoms with van der Waals surface area (Å²) in [4.78, 5) is 48.5. The van der Waals surface area contributed by atoms with E-state index in [9.17, 15) is 14.4 Å². The molecule has 0 spiro atoms. The topological polar surface area (TPSA) is 102 Å². The normalized spacial score (nSPS) is 18.6. The summed E-state index contributed by atoms with van der Waals surface area (Å²) in [5.74, 6) is -0.490. The van der Waals surface area contributed by atoms with E-state index in [0.717, 1.165) is 17.7 Å². The molecule has 0 bridgehead atoms. The molecule has 1 unspecified atom stereocenters. The Morgan fingerprint density at radius 3 is 2.52 bits per heavy atom. The van der Waals surface area contributed by atoms with Crippen molar-refractivity contribution in [2.75, 3.05) is 26.7 Å². The third-order valence-electron chi connectivity index (χ3n) is 4.99. The van der Waals surface area contributed by atoms with E-state index in [1.54, 1.807) is 29.2 Å². The van der Waals surface area contributed by atoms with Crippen LogP contribution in [-0.2, 0) is 4.79 Å². The summed E-state index contributed by atoms with van der Waals surface area (Å²) in [6.07, 6.45) is 4.22. The summed E-state index contributed by atoms with van der Waals surface area (Å²) in [6.45, 7) is 0.616. The van der Waals surface area contributed by atoms with Crippen LogP contribution in [0.5, 0.6) is 11.8 Å². The zero-order chi connectivity index (χ0) is 20.4. The lowest BCUT2D eigenvalue weighted by atomic mass is 10.1. The van der Waals surface area contributed by atoms with Gasteiger partial charge in [0.1, 0.15) is 12.6 Å². The fourth-order valence-electron chi connectivity index (χ4n) is 3.54. The second-order valence-electron chi connectivity index (χ2n) is 6.86. The average Bonchev–Trinajstić information content (AvgIpc) is 2.99. The van der Waals surface area contributed by atoms with Crippen molar-refractivity contribution in [3.8, 4) is 11.8 Å². The number of carbonyl (C=O) groups excluding carboxylic acids is 3. The molecule has 0 N–H and O–H groups in total. The lowest BCUT2D eigenvalue weighted by molar-refractivity contribution is -0.134. The number of piperidine rings is 1. The van der Waals surface area contributed by atoms with Gasteiger partial charge in [0.2, 0.25) is 17.7 Å². The number of rotatable bonds is 5. The van der Waals surface area contributed by atoms with Crippen LogP contribution in [0.2, 0.25) is 0 Å². The molecular weight excluding hydrogens is 376 g/mol. The van der Waals surface area contributed by atoms with Crippen LogP contribution >= 0.6 is 0 Å². The van der Waals surface area contributed by atoms with Crippen molar-refractivity contribution in [2.24, 2.45) is 0 Å². The minimum absolute atomic E-state index is 0.253. The summed E-state index contributed by atoms with van der Waals surface area (Å²) in [6, 6.07) is 6.59. The molecular formula is C20H20N4O5. The first-order valence-corrected chi connectivity index (χ1v) is 9.32. The highest BCUT2D eigenvalue weighted by Gasteiger charge is 2.37. The zero-order valence-electron chi connectivity index (χ0n) is 15.9. The number of amides is 3. The van der Waals surface area contributed by atoms with Crippen LogP contribution in [0.1, 0.15) is 33.6 Å². The summed E-state index contributed by atoms with van der Waals surface area (Å²) < 4.78 is 10.9. The summed E-state index contributed by atoms with van der Waals surface area (Å²) in [5, 5.41) is 0. The average molecular weight is 396 g/mol. The van der Waals surface area contributed by atoms with Crippen molar-refractivity contribution in [1.29, 1.82) is 0 Å². The molecule has 1 atom stereocenters. The molecule has 4 rings (SSSR count). The second kappa shape index (κ2) is 7.86. The highest BCUT2D eigenvalue weighted by Crippen LogP contribution is 2.23. The number of imide groups is 1. The maximum absolute atomic E-state index is 12.8. The Balaban J connectivity index is 1.39. The van der Waals surface area contributed by atoms with Crippen molar-refractivity contribution < 1.29 is 23.9 Å². The smallest absolute Gasteiger partial charge is 0.262 e. The van der Waals surface area contributed by atoms with E-state index in [-0.39, 0.29) is 18.6 Å². The molecule has 0 saturated carbocycles. The fourth-order valence-corrected chi connectivity index (χ4v) is 3.54. The van der Waals surface area contributed by atoms with Crippen LogP contribution in [0.25, 0.3) is 0 Å². The Morgan fingerprint density at radius 1 is 1.14 bits per heavy atom. The molecule has 150 valence electrons. The van der Waals surface area contributed by atoms with Gasteiger partial charge in [-0.3, -0.25) is 24.3 Å². The Morgan fingerprint density at radius 2 is 1.83 bits per heavy atom. The lowest BCUT2D eigenvalue weighted by Crippen LogP contribution is -2.49. The highest BCUT2D eigenvalue weighted by molar-refractivity contribution is 6.22. The predicted octanol–water partition coefficient (Wildman–Crippen LogP) is 1.15. The molecule has 2 aliphatic heterocycles. The fraction of sp³-hybridized carbons (Fsp3) is 0.350. The van der Waals surface area contributed by atoms with E-state index >= 15 is 0 Å². The monoisotopic (exact) mass is 396 g/mol. The molecule has 0 radical (unpaired) electrons.